The fourth-order valence-electron chi connectivity index (χ4n) is 1.52. The van der Waals surface area contributed by atoms with Crippen molar-refractivity contribution in [3.05, 3.63) is 0 Å². The van der Waals surface area contributed by atoms with Gasteiger partial charge in [0.15, 0.2) is 0 Å². The van der Waals surface area contributed by atoms with Crippen molar-refractivity contribution in [2.24, 2.45) is 0 Å². The Labute approximate surface area is 102 Å². The average molecular weight is 229 g/mol. The summed E-state index contributed by atoms with van der Waals surface area (Å²) in [6.45, 7) is 13.3. The molecule has 0 aromatic rings. The number of hydrogen-bond donors (Lipinski definition) is 3. The molecule has 0 radical (unpaired) electrons. The minimum Gasteiger partial charge on any atom is -0.315 e. The van der Waals surface area contributed by atoms with E-state index < -0.39 is 0 Å². The van der Waals surface area contributed by atoms with E-state index >= 15 is 0 Å². The predicted octanol–water partition coefficient (Wildman–Crippen LogP) is 1.74. The first-order valence-electron chi connectivity index (χ1n) is 6.84. The van der Waals surface area contributed by atoms with Gasteiger partial charge >= 0.3 is 0 Å². The lowest BCUT2D eigenvalue weighted by atomic mass is 10.2. The maximum Gasteiger partial charge on any atom is 0.00792 e. The van der Waals surface area contributed by atoms with E-state index in [1.807, 2.05) is 0 Å². The van der Waals surface area contributed by atoms with Gasteiger partial charge in [0.1, 0.15) is 0 Å². The van der Waals surface area contributed by atoms with Gasteiger partial charge in [-0.1, -0.05) is 27.2 Å². The fourth-order valence-corrected chi connectivity index (χ4v) is 1.52. The summed E-state index contributed by atoms with van der Waals surface area (Å²) in [5.74, 6) is 0. The van der Waals surface area contributed by atoms with Crippen LogP contribution in [-0.2, 0) is 0 Å². The molecule has 0 bridgehead atoms. The van der Waals surface area contributed by atoms with E-state index in [0.29, 0.717) is 12.1 Å². The predicted molar refractivity (Wildman–Crippen MR) is 73.0 cm³/mol. The summed E-state index contributed by atoms with van der Waals surface area (Å²) in [6, 6.07) is 1.21. The third-order valence-electron chi connectivity index (χ3n) is 2.63. The Hall–Kier alpha value is -0.120. The fraction of sp³-hybridized carbons (Fsp3) is 1.00. The molecule has 0 saturated carbocycles. The van der Waals surface area contributed by atoms with Crippen LogP contribution < -0.4 is 16.0 Å². The van der Waals surface area contributed by atoms with Gasteiger partial charge in [0.05, 0.1) is 0 Å². The van der Waals surface area contributed by atoms with Crippen LogP contribution in [0.2, 0.25) is 0 Å². The standard InChI is InChI=1S/C13H31N3/c1-5-6-8-14-10-11-16-13(4)7-9-15-12(2)3/h12-16H,5-11H2,1-4H3. The highest BCUT2D eigenvalue weighted by Crippen LogP contribution is 1.89. The normalized spacial score (nSPS) is 13.3. The molecule has 1 unspecified atom stereocenters. The Morgan fingerprint density at radius 1 is 0.875 bits per heavy atom. The second kappa shape index (κ2) is 11.4. The van der Waals surface area contributed by atoms with E-state index in [1.165, 1.54) is 19.3 Å². The summed E-state index contributed by atoms with van der Waals surface area (Å²) in [7, 11) is 0. The van der Waals surface area contributed by atoms with Crippen molar-refractivity contribution in [3.63, 3.8) is 0 Å². The molecule has 0 aliphatic carbocycles. The molecule has 98 valence electrons. The van der Waals surface area contributed by atoms with Crippen molar-refractivity contribution in [3.8, 4) is 0 Å². The van der Waals surface area contributed by atoms with Crippen LogP contribution >= 0.6 is 0 Å². The van der Waals surface area contributed by atoms with Crippen molar-refractivity contribution in [1.29, 1.82) is 0 Å². The highest BCUT2D eigenvalue weighted by Gasteiger charge is 2.00. The highest BCUT2D eigenvalue weighted by atomic mass is 15.0. The Kier molecular flexibility index (Phi) is 11.3. The topological polar surface area (TPSA) is 36.1 Å². The van der Waals surface area contributed by atoms with Crippen molar-refractivity contribution < 1.29 is 0 Å². The van der Waals surface area contributed by atoms with Crippen LogP contribution in [0.4, 0.5) is 0 Å². The van der Waals surface area contributed by atoms with Crippen LogP contribution in [0.5, 0.6) is 0 Å². The van der Waals surface area contributed by atoms with Crippen molar-refractivity contribution in [2.45, 2.75) is 59.0 Å². The summed E-state index contributed by atoms with van der Waals surface area (Å²) >= 11 is 0. The lowest BCUT2D eigenvalue weighted by molar-refractivity contribution is 0.468. The minimum absolute atomic E-state index is 0.600. The first-order valence-corrected chi connectivity index (χ1v) is 6.84. The van der Waals surface area contributed by atoms with Crippen LogP contribution in [0.1, 0.15) is 47.0 Å². The van der Waals surface area contributed by atoms with Gasteiger partial charge in [-0.2, -0.15) is 0 Å². The summed E-state index contributed by atoms with van der Waals surface area (Å²) in [4.78, 5) is 0. The average Bonchev–Trinajstić information content (AvgIpc) is 2.22. The molecule has 0 aromatic carbocycles. The summed E-state index contributed by atoms with van der Waals surface area (Å²) < 4.78 is 0. The largest absolute Gasteiger partial charge is 0.315 e. The summed E-state index contributed by atoms with van der Waals surface area (Å²) in [6.07, 6.45) is 3.76. The molecule has 3 nitrogen and oxygen atoms in total. The van der Waals surface area contributed by atoms with Crippen LogP contribution in [0.15, 0.2) is 0 Å². The summed E-state index contributed by atoms with van der Waals surface area (Å²) in [5.41, 5.74) is 0. The minimum atomic E-state index is 0.600. The van der Waals surface area contributed by atoms with Crippen LogP contribution in [0.3, 0.4) is 0 Å². The Morgan fingerprint density at radius 3 is 2.25 bits per heavy atom. The van der Waals surface area contributed by atoms with Crippen LogP contribution in [-0.4, -0.2) is 38.3 Å². The molecule has 3 N–H and O–H groups in total. The Bertz CT molecular complexity index is 137. The summed E-state index contributed by atoms with van der Waals surface area (Å²) in [5, 5.41) is 10.4. The van der Waals surface area contributed by atoms with Crippen molar-refractivity contribution in [1.82, 2.24) is 16.0 Å². The molecule has 0 aliphatic rings. The molecule has 0 aliphatic heterocycles. The van der Waals surface area contributed by atoms with Crippen molar-refractivity contribution in [2.75, 3.05) is 26.2 Å². The third-order valence-corrected chi connectivity index (χ3v) is 2.63. The first kappa shape index (κ1) is 15.9. The number of rotatable bonds is 11. The van der Waals surface area contributed by atoms with E-state index in [9.17, 15) is 0 Å². The monoisotopic (exact) mass is 229 g/mol. The molecule has 0 spiro atoms. The second-order valence-corrected chi connectivity index (χ2v) is 4.86. The van der Waals surface area contributed by atoms with Crippen molar-refractivity contribution >= 4 is 0 Å². The number of hydrogen-bond acceptors (Lipinski definition) is 3. The van der Waals surface area contributed by atoms with Gasteiger partial charge in [-0.05, 0) is 32.9 Å². The van der Waals surface area contributed by atoms with Gasteiger partial charge in [0.25, 0.3) is 0 Å². The molecule has 16 heavy (non-hydrogen) atoms. The van der Waals surface area contributed by atoms with E-state index in [-0.39, 0.29) is 0 Å². The molecule has 0 aromatic heterocycles. The lowest BCUT2D eigenvalue weighted by Crippen LogP contribution is -2.36. The highest BCUT2D eigenvalue weighted by molar-refractivity contribution is 4.64. The van der Waals surface area contributed by atoms with Gasteiger partial charge in [-0.3, -0.25) is 0 Å². The van der Waals surface area contributed by atoms with Gasteiger partial charge in [-0.15, -0.1) is 0 Å². The molecule has 3 heteroatoms. The van der Waals surface area contributed by atoms with Gasteiger partial charge < -0.3 is 16.0 Å². The molecule has 0 rings (SSSR count). The Balaban J connectivity index is 3.14. The molecular formula is C13H31N3. The zero-order valence-corrected chi connectivity index (χ0v) is 11.6. The zero-order chi connectivity index (χ0) is 12.2. The zero-order valence-electron chi connectivity index (χ0n) is 11.6. The second-order valence-electron chi connectivity index (χ2n) is 4.86. The number of nitrogens with one attached hydrogen (secondary N) is 3. The Morgan fingerprint density at radius 2 is 1.62 bits per heavy atom. The SMILES string of the molecule is CCCCNCCNC(C)CCNC(C)C. The molecule has 0 fully saturated rings. The molecule has 1 atom stereocenters. The maximum absolute atomic E-state index is 3.53. The van der Waals surface area contributed by atoms with E-state index in [2.05, 4.69) is 43.6 Å². The van der Waals surface area contributed by atoms with Gasteiger partial charge in [-0.25, -0.2) is 0 Å². The molecule has 0 amide bonds. The molecule has 0 saturated heterocycles. The smallest absolute Gasteiger partial charge is 0.00792 e. The van der Waals surface area contributed by atoms with E-state index in [4.69, 9.17) is 0 Å². The molecule has 0 heterocycles. The maximum atomic E-state index is 3.53. The lowest BCUT2D eigenvalue weighted by Gasteiger charge is -2.15. The van der Waals surface area contributed by atoms with Gasteiger partial charge in [0, 0.05) is 25.2 Å². The van der Waals surface area contributed by atoms with Gasteiger partial charge in [0.2, 0.25) is 0 Å². The quantitative estimate of drug-likeness (QED) is 0.472. The van der Waals surface area contributed by atoms with Crippen LogP contribution in [0, 0.1) is 0 Å². The number of unbranched alkanes of at least 4 members (excludes halogenated alkanes) is 1. The van der Waals surface area contributed by atoms with E-state index in [0.717, 1.165) is 26.2 Å². The van der Waals surface area contributed by atoms with Crippen LogP contribution in [0.25, 0.3) is 0 Å². The first-order chi connectivity index (χ1) is 7.66. The van der Waals surface area contributed by atoms with E-state index in [1.54, 1.807) is 0 Å². The third kappa shape index (κ3) is 12.0. The molecular weight excluding hydrogens is 198 g/mol.